The summed E-state index contributed by atoms with van der Waals surface area (Å²) in [5, 5.41) is 6.68. The molecule has 0 aliphatic rings. The molecule has 0 aliphatic heterocycles. The number of nitrogens with one attached hydrogen (secondary N) is 2. The lowest BCUT2D eigenvalue weighted by atomic mass is 10.0. The van der Waals surface area contributed by atoms with Crippen molar-refractivity contribution < 1.29 is 18.0 Å². The molecule has 1 aromatic carbocycles. The molecular weight excluding hydrogens is 339 g/mol. The summed E-state index contributed by atoms with van der Waals surface area (Å²) in [6.07, 6.45) is -4.34. The number of carbonyl (C=O) groups is 1. The number of thiazole rings is 1. The van der Waals surface area contributed by atoms with Crippen LogP contribution in [0.25, 0.3) is 11.3 Å². The molecule has 0 spiro atoms. The van der Waals surface area contributed by atoms with Gasteiger partial charge in [-0.1, -0.05) is 38.1 Å². The molecular formula is C16H18F3N3OS. The van der Waals surface area contributed by atoms with E-state index >= 15 is 0 Å². The monoisotopic (exact) mass is 357 g/mol. The fraction of sp³-hybridized carbons (Fsp3) is 0.375. The van der Waals surface area contributed by atoms with Crippen LogP contribution in [0.1, 0.15) is 25.3 Å². The standard InChI is InChI=1S/C16H18F3N3OS/c1-10(2)11-3-5-12(6-4-11)13-8-24-15(21-13)22-14(23)7-20-9-16(17,18)19/h3-6,8,10,20H,7,9H2,1-2H3,(H,21,22,23). The summed E-state index contributed by atoms with van der Waals surface area (Å²) in [6, 6.07) is 7.97. The van der Waals surface area contributed by atoms with E-state index in [1.54, 1.807) is 5.38 Å². The summed E-state index contributed by atoms with van der Waals surface area (Å²) in [6.45, 7) is 2.60. The van der Waals surface area contributed by atoms with E-state index in [4.69, 9.17) is 0 Å². The highest BCUT2D eigenvalue weighted by molar-refractivity contribution is 7.14. The molecule has 4 nitrogen and oxygen atoms in total. The minimum absolute atomic E-state index is 0.358. The summed E-state index contributed by atoms with van der Waals surface area (Å²) in [5.41, 5.74) is 2.86. The number of hydrogen-bond donors (Lipinski definition) is 2. The molecule has 1 amide bonds. The molecule has 130 valence electrons. The number of amides is 1. The van der Waals surface area contributed by atoms with Crippen molar-refractivity contribution in [1.29, 1.82) is 0 Å². The lowest BCUT2D eigenvalue weighted by Gasteiger charge is -2.07. The molecule has 0 fully saturated rings. The van der Waals surface area contributed by atoms with Crippen LogP contribution >= 0.6 is 11.3 Å². The zero-order chi connectivity index (χ0) is 17.7. The summed E-state index contributed by atoms with van der Waals surface area (Å²) in [4.78, 5) is 15.9. The Labute approximate surface area is 142 Å². The second-order valence-electron chi connectivity index (χ2n) is 5.58. The molecule has 0 unspecified atom stereocenters. The average Bonchev–Trinajstić information content (AvgIpc) is 2.94. The summed E-state index contributed by atoms with van der Waals surface area (Å²) in [5.74, 6) is -0.121. The molecule has 0 saturated heterocycles. The van der Waals surface area contributed by atoms with E-state index in [-0.39, 0.29) is 0 Å². The van der Waals surface area contributed by atoms with E-state index in [9.17, 15) is 18.0 Å². The Morgan fingerprint density at radius 2 is 1.92 bits per heavy atom. The number of halogens is 3. The van der Waals surface area contributed by atoms with Crippen molar-refractivity contribution in [2.45, 2.75) is 25.9 Å². The molecule has 0 atom stereocenters. The molecule has 0 saturated carbocycles. The maximum atomic E-state index is 12.0. The zero-order valence-corrected chi connectivity index (χ0v) is 14.1. The number of alkyl halides is 3. The van der Waals surface area contributed by atoms with Crippen LogP contribution in [-0.2, 0) is 4.79 Å². The molecule has 2 rings (SSSR count). The van der Waals surface area contributed by atoms with Crippen molar-refractivity contribution in [2.75, 3.05) is 18.4 Å². The highest BCUT2D eigenvalue weighted by Crippen LogP contribution is 2.26. The summed E-state index contributed by atoms with van der Waals surface area (Å²) >= 11 is 1.23. The van der Waals surface area contributed by atoms with Crippen LogP contribution in [0.2, 0.25) is 0 Å². The predicted octanol–water partition coefficient (Wildman–Crippen LogP) is 4.02. The highest BCUT2D eigenvalue weighted by atomic mass is 32.1. The van der Waals surface area contributed by atoms with E-state index in [0.717, 1.165) is 5.56 Å². The Balaban J connectivity index is 1.92. The highest BCUT2D eigenvalue weighted by Gasteiger charge is 2.26. The normalized spacial score (nSPS) is 11.8. The van der Waals surface area contributed by atoms with Gasteiger partial charge in [-0.2, -0.15) is 13.2 Å². The van der Waals surface area contributed by atoms with Gasteiger partial charge in [0, 0.05) is 10.9 Å². The average molecular weight is 357 g/mol. The van der Waals surface area contributed by atoms with E-state index in [0.29, 0.717) is 16.7 Å². The Morgan fingerprint density at radius 1 is 1.25 bits per heavy atom. The molecule has 1 heterocycles. The van der Waals surface area contributed by atoms with Crippen LogP contribution in [0.15, 0.2) is 29.6 Å². The van der Waals surface area contributed by atoms with Gasteiger partial charge in [0.25, 0.3) is 0 Å². The maximum Gasteiger partial charge on any atom is 0.401 e. The van der Waals surface area contributed by atoms with Gasteiger partial charge in [0.15, 0.2) is 5.13 Å². The Kier molecular flexibility index (Phi) is 5.95. The summed E-state index contributed by atoms with van der Waals surface area (Å²) in [7, 11) is 0. The molecule has 0 bridgehead atoms. The van der Waals surface area contributed by atoms with Gasteiger partial charge in [0.05, 0.1) is 18.8 Å². The van der Waals surface area contributed by atoms with Crippen molar-refractivity contribution in [2.24, 2.45) is 0 Å². The number of hydrogen-bond acceptors (Lipinski definition) is 4. The van der Waals surface area contributed by atoms with Gasteiger partial charge in [0.2, 0.25) is 5.91 Å². The van der Waals surface area contributed by atoms with E-state index in [1.807, 2.05) is 29.6 Å². The largest absolute Gasteiger partial charge is 0.401 e. The molecule has 0 radical (unpaired) electrons. The third kappa shape index (κ3) is 5.61. The quantitative estimate of drug-likeness (QED) is 0.821. The van der Waals surface area contributed by atoms with E-state index in [1.165, 1.54) is 16.9 Å². The molecule has 2 N–H and O–H groups in total. The van der Waals surface area contributed by atoms with Crippen LogP contribution in [0.3, 0.4) is 0 Å². The van der Waals surface area contributed by atoms with Crippen LogP contribution in [0.5, 0.6) is 0 Å². The number of anilines is 1. The molecule has 8 heteroatoms. The number of benzene rings is 1. The van der Waals surface area contributed by atoms with Crippen molar-refractivity contribution in [1.82, 2.24) is 10.3 Å². The van der Waals surface area contributed by atoms with Crippen LogP contribution < -0.4 is 10.6 Å². The molecule has 1 aromatic heterocycles. The van der Waals surface area contributed by atoms with Gasteiger partial charge in [0.1, 0.15) is 0 Å². The van der Waals surface area contributed by atoms with Crippen LogP contribution in [0.4, 0.5) is 18.3 Å². The second kappa shape index (κ2) is 7.76. The van der Waals surface area contributed by atoms with Crippen molar-refractivity contribution in [3.63, 3.8) is 0 Å². The van der Waals surface area contributed by atoms with Crippen molar-refractivity contribution >= 4 is 22.4 Å². The third-order valence-electron chi connectivity index (χ3n) is 3.23. The van der Waals surface area contributed by atoms with Crippen molar-refractivity contribution in [3.05, 3.63) is 35.2 Å². The first kappa shape index (κ1) is 18.4. The van der Waals surface area contributed by atoms with Crippen LogP contribution in [-0.4, -0.2) is 30.2 Å². The third-order valence-corrected chi connectivity index (χ3v) is 3.99. The first-order valence-corrected chi connectivity index (χ1v) is 8.26. The van der Waals surface area contributed by atoms with Crippen molar-refractivity contribution in [3.8, 4) is 11.3 Å². The Morgan fingerprint density at radius 3 is 2.50 bits per heavy atom. The fourth-order valence-corrected chi connectivity index (χ4v) is 2.72. The number of aromatic nitrogens is 1. The number of rotatable bonds is 6. The maximum absolute atomic E-state index is 12.0. The predicted molar refractivity (Wildman–Crippen MR) is 89.2 cm³/mol. The molecule has 24 heavy (non-hydrogen) atoms. The Bertz CT molecular complexity index is 681. The van der Waals surface area contributed by atoms with Gasteiger partial charge < -0.3 is 10.6 Å². The van der Waals surface area contributed by atoms with E-state index < -0.39 is 25.2 Å². The first-order chi connectivity index (χ1) is 11.2. The van der Waals surface area contributed by atoms with Gasteiger partial charge >= 0.3 is 6.18 Å². The fourth-order valence-electron chi connectivity index (χ4n) is 1.98. The smallest absolute Gasteiger partial charge is 0.301 e. The molecule has 0 aliphatic carbocycles. The van der Waals surface area contributed by atoms with Gasteiger partial charge in [-0.3, -0.25) is 4.79 Å². The SMILES string of the molecule is CC(C)c1ccc(-c2csc(NC(=O)CNCC(F)(F)F)n2)cc1. The molecule has 2 aromatic rings. The van der Waals surface area contributed by atoms with Gasteiger partial charge in [-0.15, -0.1) is 11.3 Å². The van der Waals surface area contributed by atoms with E-state index in [2.05, 4.69) is 24.1 Å². The number of carbonyl (C=O) groups excluding carboxylic acids is 1. The minimum Gasteiger partial charge on any atom is -0.301 e. The van der Waals surface area contributed by atoms with Gasteiger partial charge in [-0.25, -0.2) is 4.98 Å². The van der Waals surface area contributed by atoms with Crippen LogP contribution in [0, 0.1) is 0 Å². The number of nitrogens with zero attached hydrogens (tertiary/aromatic N) is 1. The zero-order valence-electron chi connectivity index (χ0n) is 13.3. The minimum atomic E-state index is -4.34. The topological polar surface area (TPSA) is 54.0 Å². The Hall–Kier alpha value is -1.93. The second-order valence-corrected chi connectivity index (χ2v) is 6.44. The summed E-state index contributed by atoms with van der Waals surface area (Å²) < 4.78 is 36.0. The van der Waals surface area contributed by atoms with Gasteiger partial charge in [-0.05, 0) is 11.5 Å². The lowest BCUT2D eigenvalue weighted by Crippen LogP contribution is -2.35. The first-order valence-electron chi connectivity index (χ1n) is 7.38. The lowest BCUT2D eigenvalue weighted by molar-refractivity contribution is -0.126.